The van der Waals surface area contributed by atoms with Crippen molar-refractivity contribution in [1.29, 1.82) is 0 Å². The molecule has 0 amide bonds. The second kappa shape index (κ2) is 5.32. The first-order valence-electron chi connectivity index (χ1n) is 5.82. The average molecular weight is 235 g/mol. The Kier molecular flexibility index (Phi) is 4.29. The van der Waals surface area contributed by atoms with Gasteiger partial charge in [0.05, 0.1) is 6.42 Å². The second-order valence-electron chi connectivity index (χ2n) is 5.31. The van der Waals surface area contributed by atoms with Crippen LogP contribution in [-0.2, 0) is 9.53 Å². The Morgan fingerprint density at radius 3 is 2.29 bits per heavy atom. The van der Waals surface area contributed by atoms with Gasteiger partial charge in [-0.2, -0.15) is 0 Å². The summed E-state index contributed by atoms with van der Waals surface area (Å²) >= 11 is 0. The molecule has 1 aromatic carbocycles. The molecule has 0 saturated carbocycles. The van der Waals surface area contributed by atoms with E-state index in [0.29, 0.717) is 0 Å². The molecule has 0 fully saturated rings. The summed E-state index contributed by atoms with van der Waals surface area (Å²) < 4.78 is 5.23. The van der Waals surface area contributed by atoms with Gasteiger partial charge in [-0.1, -0.05) is 29.8 Å². The fourth-order valence-corrected chi connectivity index (χ4v) is 1.49. The molecule has 0 aliphatic carbocycles. The first-order valence-corrected chi connectivity index (χ1v) is 5.82. The van der Waals surface area contributed by atoms with Gasteiger partial charge in [-0.25, -0.2) is 0 Å². The second-order valence-corrected chi connectivity index (χ2v) is 5.31. The van der Waals surface area contributed by atoms with Crippen LogP contribution in [0, 0.1) is 6.92 Å². The SMILES string of the molecule is Cc1ccc([C@H](N)CC(=O)OC(C)(C)C)cc1. The van der Waals surface area contributed by atoms with E-state index in [1.165, 1.54) is 5.56 Å². The van der Waals surface area contributed by atoms with Gasteiger partial charge in [-0.15, -0.1) is 0 Å². The highest BCUT2D eigenvalue weighted by Gasteiger charge is 2.19. The van der Waals surface area contributed by atoms with E-state index in [4.69, 9.17) is 10.5 Å². The molecular formula is C14H21NO2. The molecule has 1 aromatic rings. The largest absolute Gasteiger partial charge is 0.460 e. The van der Waals surface area contributed by atoms with Gasteiger partial charge in [-0.3, -0.25) is 4.79 Å². The Balaban J connectivity index is 2.57. The van der Waals surface area contributed by atoms with Crippen LogP contribution in [-0.4, -0.2) is 11.6 Å². The van der Waals surface area contributed by atoms with Crippen molar-refractivity contribution in [3.8, 4) is 0 Å². The number of hydrogen-bond acceptors (Lipinski definition) is 3. The van der Waals surface area contributed by atoms with Crippen molar-refractivity contribution in [2.45, 2.75) is 45.8 Å². The van der Waals surface area contributed by atoms with Crippen LogP contribution in [0.5, 0.6) is 0 Å². The Hall–Kier alpha value is -1.35. The zero-order valence-electron chi connectivity index (χ0n) is 11.0. The third kappa shape index (κ3) is 5.00. The minimum Gasteiger partial charge on any atom is -0.460 e. The van der Waals surface area contributed by atoms with Gasteiger partial charge in [-0.05, 0) is 33.3 Å². The third-order valence-electron chi connectivity index (χ3n) is 2.31. The fourth-order valence-electron chi connectivity index (χ4n) is 1.49. The number of ether oxygens (including phenoxy) is 1. The molecule has 0 aliphatic heterocycles. The molecule has 0 radical (unpaired) electrons. The zero-order valence-corrected chi connectivity index (χ0v) is 11.0. The van der Waals surface area contributed by atoms with Crippen molar-refractivity contribution >= 4 is 5.97 Å². The number of carbonyl (C=O) groups is 1. The number of esters is 1. The predicted molar refractivity (Wildman–Crippen MR) is 68.6 cm³/mol. The lowest BCUT2D eigenvalue weighted by molar-refractivity contribution is -0.155. The molecular weight excluding hydrogens is 214 g/mol. The lowest BCUT2D eigenvalue weighted by Gasteiger charge is -2.21. The number of rotatable bonds is 3. The summed E-state index contributed by atoms with van der Waals surface area (Å²) in [6.07, 6.45) is 0.209. The fraction of sp³-hybridized carbons (Fsp3) is 0.500. The summed E-state index contributed by atoms with van der Waals surface area (Å²) in [5, 5.41) is 0. The predicted octanol–water partition coefficient (Wildman–Crippen LogP) is 2.73. The minimum atomic E-state index is -0.454. The summed E-state index contributed by atoms with van der Waals surface area (Å²) in [4.78, 5) is 11.6. The molecule has 0 saturated heterocycles. The normalized spacial score (nSPS) is 13.2. The summed E-state index contributed by atoms with van der Waals surface area (Å²) in [5.74, 6) is -0.259. The molecule has 2 N–H and O–H groups in total. The van der Waals surface area contributed by atoms with Gasteiger partial charge < -0.3 is 10.5 Å². The van der Waals surface area contributed by atoms with Crippen LogP contribution in [0.4, 0.5) is 0 Å². The number of aryl methyl sites for hydroxylation is 1. The average Bonchev–Trinajstić information content (AvgIpc) is 2.15. The van der Waals surface area contributed by atoms with Crippen molar-refractivity contribution in [3.63, 3.8) is 0 Å². The van der Waals surface area contributed by atoms with Gasteiger partial charge in [0.2, 0.25) is 0 Å². The molecule has 94 valence electrons. The number of carbonyl (C=O) groups excluding carboxylic acids is 1. The van der Waals surface area contributed by atoms with E-state index in [9.17, 15) is 4.79 Å². The van der Waals surface area contributed by atoms with Crippen LogP contribution in [0.2, 0.25) is 0 Å². The van der Waals surface area contributed by atoms with E-state index < -0.39 is 5.60 Å². The van der Waals surface area contributed by atoms with Crippen molar-refractivity contribution in [2.24, 2.45) is 5.73 Å². The molecule has 3 nitrogen and oxygen atoms in total. The third-order valence-corrected chi connectivity index (χ3v) is 2.31. The zero-order chi connectivity index (χ0) is 13.1. The molecule has 0 spiro atoms. The summed E-state index contributed by atoms with van der Waals surface area (Å²) in [6.45, 7) is 7.57. The minimum absolute atomic E-state index is 0.209. The van der Waals surface area contributed by atoms with Crippen molar-refractivity contribution in [3.05, 3.63) is 35.4 Å². The highest BCUT2D eigenvalue weighted by Crippen LogP contribution is 2.17. The van der Waals surface area contributed by atoms with E-state index in [2.05, 4.69) is 0 Å². The van der Waals surface area contributed by atoms with Gasteiger partial charge in [0.1, 0.15) is 5.60 Å². The van der Waals surface area contributed by atoms with Gasteiger partial charge in [0.25, 0.3) is 0 Å². The van der Waals surface area contributed by atoms with Crippen LogP contribution in [0.3, 0.4) is 0 Å². The number of nitrogens with two attached hydrogens (primary N) is 1. The maximum Gasteiger partial charge on any atom is 0.308 e. The topological polar surface area (TPSA) is 52.3 Å². The molecule has 0 unspecified atom stereocenters. The van der Waals surface area contributed by atoms with Gasteiger partial charge >= 0.3 is 5.97 Å². The molecule has 0 heterocycles. The molecule has 0 aliphatic rings. The molecule has 0 bridgehead atoms. The summed E-state index contributed by atoms with van der Waals surface area (Å²) in [6, 6.07) is 7.58. The Morgan fingerprint density at radius 2 is 1.82 bits per heavy atom. The standard InChI is InChI=1S/C14H21NO2/c1-10-5-7-11(8-6-10)12(15)9-13(16)17-14(2,3)4/h5-8,12H,9,15H2,1-4H3/t12-/m1/s1. The van der Waals surface area contributed by atoms with E-state index in [1.807, 2.05) is 52.0 Å². The van der Waals surface area contributed by atoms with Crippen LogP contribution < -0.4 is 5.73 Å². The first kappa shape index (κ1) is 13.7. The van der Waals surface area contributed by atoms with E-state index in [-0.39, 0.29) is 18.4 Å². The van der Waals surface area contributed by atoms with Gasteiger partial charge in [0.15, 0.2) is 0 Å². The maximum absolute atomic E-state index is 11.6. The maximum atomic E-state index is 11.6. The Bertz CT molecular complexity index is 376. The van der Waals surface area contributed by atoms with Crippen LogP contribution in [0.25, 0.3) is 0 Å². The Morgan fingerprint density at radius 1 is 1.29 bits per heavy atom. The summed E-state index contributed by atoms with van der Waals surface area (Å²) in [7, 11) is 0. The van der Waals surface area contributed by atoms with Crippen molar-refractivity contribution in [2.75, 3.05) is 0 Å². The van der Waals surface area contributed by atoms with Gasteiger partial charge in [0, 0.05) is 6.04 Å². The van der Waals surface area contributed by atoms with Crippen molar-refractivity contribution < 1.29 is 9.53 Å². The smallest absolute Gasteiger partial charge is 0.308 e. The molecule has 1 rings (SSSR count). The lowest BCUT2D eigenvalue weighted by Crippen LogP contribution is -2.26. The number of benzene rings is 1. The molecule has 3 heteroatoms. The molecule has 0 aromatic heterocycles. The van der Waals surface area contributed by atoms with Crippen LogP contribution in [0.1, 0.15) is 44.4 Å². The van der Waals surface area contributed by atoms with E-state index in [1.54, 1.807) is 0 Å². The molecule has 1 atom stereocenters. The molecule has 17 heavy (non-hydrogen) atoms. The van der Waals surface area contributed by atoms with Crippen LogP contribution >= 0.6 is 0 Å². The monoisotopic (exact) mass is 235 g/mol. The summed E-state index contributed by atoms with van der Waals surface area (Å²) in [5.41, 5.74) is 7.65. The first-order chi connectivity index (χ1) is 7.78. The lowest BCUT2D eigenvalue weighted by atomic mass is 10.0. The van der Waals surface area contributed by atoms with E-state index >= 15 is 0 Å². The highest BCUT2D eigenvalue weighted by atomic mass is 16.6. The highest BCUT2D eigenvalue weighted by molar-refractivity contribution is 5.70. The van der Waals surface area contributed by atoms with Crippen molar-refractivity contribution in [1.82, 2.24) is 0 Å². The quantitative estimate of drug-likeness (QED) is 0.819. The van der Waals surface area contributed by atoms with E-state index in [0.717, 1.165) is 5.56 Å². The number of hydrogen-bond donors (Lipinski definition) is 1. The van der Waals surface area contributed by atoms with Crippen LogP contribution in [0.15, 0.2) is 24.3 Å². The Labute approximate surface area is 103 Å².